The number of nitrogens with zero attached hydrogens (tertiary/aromatic N) is 2. The lowest BCUT2D eigenvalue weighted by Crippen LogP contribution is -2.52. The molecular formula is C22H26N2O3. The first-order valence-corrected chi connectivity index (χ1v) is 9.32. The summed E-state index contributed by atoms with van der Waals surface area (Å²) in [5.41, 5.74) is 3.20. The molecule has 0 spiro atoms. The lowest BCUT2D eigenvalue weighted by atomic mass is 10.1. The number of hydrogen-bond donors (Lipinski definition) is 0. The maximum absolute atomic E-state index is 12.5. The number of ether oxygens (including phenoxy) is 1. The van der Waals surface area contributed by atoms with Crippen molar-refractivity contribution in [3.63, 3.8) is 0 Å². The number of hydrogen-bond acceptors (Lipinski definition) is 3. The van der Waals surface area contributed by atoms with Crippen LogP contribution in [0.25, 0.3) is 0 Å². The van der Waals surface area contributed by atoms with Gasteiger partial charge in [-0.05, 0) is 31.0 Å². The molecule has 0 unspecified atom stereocenters. The van der Waals surface area contributed by atoms with Crippen LogP contribution in [0.1, 0.15) is 16.7 Å². The summed E-state index contributed by atoms with van der Waals surface area (Å²) in [4.78, 5) is 28.5. The Morgan fingerprint density at radius 1 is 0.889 bits per heavy atom. The van der Waals surface area contributed by atoms with Gasteiger partial charge in [-0.2, -0.15) is 0 Å². The van der Waals surface area contributed by atoms with Gasteiger partial charge >= 0.3 is 0 Å². The molecule has 0 N–H and O–H groups in total. The van der Waals surface area contributed by atoms with Crippen LogP contribution in [0.2, 0.25) is 0 Å². The minimum atomic E-state index is -0.0379. The number of amides is 2. The maximum atomic E-state index is 12.5. The lowest BCUT2D eigenvalue weighted by Gasteiger charge is -2.34. The van der Waals surface area contributed by atoms with Crippen molar-refractivity contribution < 1.29 is 14.3 Å². The van der Waals surface area contributed by atoms with E-state index in [9.17, 15) is 9.59 Å². The number of aryl methyl sites for hydroxylation is 2. The first-order chi connectivity index (χ1) is 13.0. The second-order valence-electron chi connectivity index (χ2n) is 6.98. The Bertz CT molecular complexity index is 811. The Morgan fingerprint density at radius 3 is 2.22 bits per heavy atom. The van der Waals surface area contributed by atoms with Gasteiger partial charge in [0.1, 0.15) is 5.75 Å². The highest BCUT2D eigenvalue weighted by Crippen LogP contribution is 2.16. The highest BCUT2D eigenvalue weighted by molar-refractivity contribution is 5.80. The van der Waals surface area contributed by atoms with Crippen molar-refractivity contribution >= 4 is 11.8 Å². The number of rotatable bonds is 5. The first kappa shape index (κ1) is 19.0. The Kier molecular flexibility index (Phi) is 6.12. The fourth-order valence-electron chi connectivity index (χ4n) is 3.26. The van der Waals surface area contributed by atoms with E-state index in [4.69, 9.17) is 4.74 Å². The van der Waals surface area contributed by atoms with Gasteiger partial charge in [-0.1, -0.05) is 48.0 Å². The fourth-order valence-corrected chi connectivity index (χ4v) is 3.26. The summed E-state index contributed by atoms with van der Waals surface area (Å²) in [6, 6.07) is 15.7. The molecule has 1 heterocycles. The fraction of sp³-hybridized carbons (Fsp3) is 0.364. The van der Waals surface area contributed by atoms with E-state index in [0.717, 1.165) is 22.4 Å². The predicted molar refractivity (Wildman–Crippen MR) is 105 cm³/mol. The largest absolute Gasteiger partial charge is 0.484 e. The zero-order chi connectivity index (χ0) is 19.2. The van der Waals surface area contributed by atoms with Gasteiger partial charge in [-0.3, -0.25) is 9.59 Å². The topological polar surface area (TPSA) is 49.9 Å². The van der Waals surface area contributed by atoms with Crippen LogP contribution in [0.5, 0.6) is 5.75 Å². The standard InChI is InChI=1S/C22H26N2O3/c1-17-6-5-8-19(14-17)15-21(25)23-10-12-24(13-11-23)22(26)16-27-20-9-4-3-7-18(20)2/h3-9,14H,10-13,15-16H2,1-2H3. The average molecular weight is 366 g/mol. The van der Waals surface area contributed by atoms with Crippen molar-refractivity contribution in [1.29, 1.82) is 0 Å². The SMILES string of the molecule is Cc1cccc(CC(=O)N2CCN(C(=O)COc3ccccc3C)CC2)c1. The van der Waals surface area contributed by atoms with Crippen molar-refractivity contribution in [2.75, 3.05) is 32.8 Å². The molecule has 0 saturated carbocycles. The number of piperazine rings is 1. The summed E-state index contributed by atoms with van der Waals surface area (Å²) in [5.74, 6) is 0.811. The summed E-state index contributed by atoms with van der Waals surface area (Å²) in [5, 5.41) is 0. The molecule has 2 aromatic carbocycles. The first-order valence-electron chi connectivity index (χ1n) is 9.32. The van der Waals surface area contributed by atoms with Crippen LogP contribution >= 0.6 is 0 Å². The predicted octanol–water partition coefficient (Wildman–Crippen LogP) is 2.60. The van der Waals surface area contributed by atoms with Crippen molar-refractivity contribution in [3.8, 4) is 5.75 Å². The molecular weight excluding hydrogens is 340 g/mol. The third-order valence-corrected chi connectivity index (χ3v) is 4.87. The van der Waals surface area contributed by atoms with Gasteiger partial charge in [-0.25, -0.2) is 0 Å². The van der Waals surface area contributed by atoms with Crippen LogP contribution < -0.4 is 4.74 Å². The highest BCUT2D eigenvalue weighted by atomic mass is 16.5. The molecule has 0 bridgehead atoms. The van der Waals surface area contributed by atoms with Gasteiger partial charge in [0, 0.05) is 26.2 Å². The highest BCUT2D eigenvalue weighted by Gasteiger charge is 2.24. The van der Waals surface area contributed by atoms with E-state index in [-0.39, 0.29) is 18.4 Å². The normalized spacial score (nSPS) is 14.1. The smallest absolute Gasteiger partial charge is 0.260 e. The lowest BCUT2D eigenvalue weighted by molar-refractivity contribution is -0.140. The van der Waals surface area contributed by atoms with E-state index in [0.29, 0.717) is 32.6 Å². The number of carbonyl (C=O) groups excluding carboxylic acids is 2. The molecule has 142 valence electrons. The van der Waals surface area contributed by atoms with Gasteiger partial charge in [-0.15, -0.1) is 0 Å². The zero-order valence-electron chi connectivity index (χ0n) is 16.0. The Morgan fingerprint density at radius 2 is 1.56 bits per heavy atom. The quantitative estimate of drug-likeness (QED) is 0.817. The number of carbonyl (C=O) groups is 2. The average Bonchev–Trinajstić information content (AvgIpc) is 2.67. The van der Waals surface area contributed by atoms with Gasteiger partial charge in [0.25, 0.3) is 5.91 Å². The zero-order valence-corrected chi connectivity index (χ0v) is 16.0. The summed E-state index contributed by atoms with van der Waals surface area (Å²) in [7, 11) is 0. The van der Waals surface area contributed by atoms with Crippen LogP contribution in [0.15, 0.2) is 48.5 Å². The molecule has 3 rings (SSSR count). The van der Waals surface area contributed by atoms with Crippen LogP contribution in [0, 0.1) is 13.8 Å². The summed E-state index contributed by atoms with van der Waals surface area (Å²) >= 11 is 0. The van der Waals surface area contributed by atoms with Gasteiger partial charge < -0.3 is 14.5 Å². The van der Waals surface area contributed by atoms with E-state index in [1.807, 2.05) is 67.3 Å². The molecule has 1 fully saturated rings. The van der Waals surface area contributed by atoms with E-state index in [1.165, 1.54) is 0 Å². The van der Waals surface area contributed by atoms with Crippen molar-refractivity contribution in [2.45, 2.75) is 20.3 Å². The Labute approximate surface area is 160 Å². The molecule has 1 aliphatic rings. The van der Waals surface area contributed by atoms with Crippen molar-refractivity contribution in [3.05, 3.63) is 65.2 Å². The molecule has 5 heteroatoms. The van der Waals surface area contributed by atoms with Crippen molar-refractivity contribution in [2.24, 2.45) is 0 Å². The van der Waals surface area contributed by atoms with Gasteiger partial charge in [0.05, 0.1) is 6.42 Å². The van der Waals surface area contributed by atoms with Crippen LogP contribution in [-0.4, -0.2) is 54.4 Å². The van der Waals surface area contributed by atoms with Gasteiger partial charge in [0.15, 0.2) is 6.61 Å². The molecule has 1 aliphatic heterocycles. The van der Waals surface area contributed by atoms with Crippen molar-refractivity contribution in [1.82, 2.24) is 9.80 Å². The minimum absolute atomic E-state index is 0.0299. The molecule has 2 amide bonds. The number of benzene rings is 2. The summed E-state index contributed by atoms with van der Waals surface area (Å²) < 4.78 is 5.64. The molecule has 0 radical (unpaired) electrons. The summed E-state index contributed by atoms with van der Waals surface area (Å²) in [6.45, 7) is 6.25. The van der Waals surface area contributed by atoms with E-state index < -0.39 is 0 Å². The van der Waals surface area contributed by atoms with E-state index in [1.54, 1.807) is 4.90 Å². The summed E-state index contributed by atoms with van der Waals surface area (Å²) in [6.07, 6.45) is 0.409. The maximum Gasteiger partial charge on any atom is 0.260 e. The molecule has 27 heavy (non-hydrogen) atoms. The van der Waals surface area contributed by atoms with Crippen LogP contribution in [-0.2, 0) is 16.0 Å². The van der Waals surface area contributed by atoms with Gasteiger partial charge in [0.2, 0.25) is 5.91 Å². The molecule has 0 aromatic heterocycles. The number of para-hydroxylation sites is 1. The van der Waals surface area contributed by atoms with E-state index in [2.05, 4.69) is 0 Å². The molecule has 5 nitrogen and oxygen atoms in total. The Balaban J connectivity index is 1.46. The minimum Gasteiger partial charge on any atom is -0.484 e. The van der Waals surface area contributed by atoms with E-state index >= 15 is 0 Å². The Hall–Kier alpha value is -2.82. The molecule has 2 aromatic rings. The molecule has 0 aliphatic carbocycles. The van der Waals surface area contributed by atoms with Crippen LogP contribution in [0.4, 0.5) is 0 Å². The van der Waals surface area contributed by atoms with Crippen LogP contribution in [0.3, 0.4) is 0 Å². The molecule has 1 saturated heterocycles. The third kappa shape index (κ3) is 5.09. The second kappa shape index (κ2) is 8.71. The molecule has 0 atom stereocenters. The second-order valence-corrected chi connectivity index (χ2v) is 6.98. The third-order valence-electron chi connectivity index (χ3n) is 4.87. The monoisotopic (exact) mass is 366 g/mol.